The number of nitrogens with one attached hydrogen (secondary N) is 1. The second kappa shape index (κ2) is 8.76. The summed E-state index contributed by atoms with van der Waals surface area (Å²) in [5, 5.41) is 5.48. The molecule has 2 amide bonds. The molecule has 1 aromatic heterocycles. The number of hydrogen-bond acceptors (Lipinski definition) is 4. The Morgan fingerprint density at radius 2 is 1.85 bits per heavy atom. The first-order valence-electron chi connectivity index (χ1n) is 9.09. The molecule has 1 aliphatic rings. The normalized spacial score (nSPS) is 15.7. The van der Waals surface area contributed by atoms with Crippen molar-refractivity contribution in [2.24, 2.45) is 5.92 Å². The van der Waals surface area contributed by atoms with E-state index in [1.165, 1.54) is 11.3 Å². The smallest absolute Gasteiger partial charge is 0.262 e. The molecule has 5 nitrogen and oxygen atoms in total. The van der Waals surface area contributed by atoms with E-state index >= 15 is 0 Å². The summed E-state index contributed by atoms with van der Waals surface area (Å²) in [4.78, 5) is 30.1. The molecule has 0 radical (unpaired) electrons. The van der Waals surface area contributed by atoms with Crippen LogP contribution in [0.3, 0.4) is 0 Å². The van der Waals surface area contributed by atoms with Gasteiger partial charge in [0, 0.05) is 36.9 Å². The fourth-order valence-electron chi connectivity index (χ4n) is 3.19. The van der Waals surface area contributed by atoms with Crippen molar-refractivity contribution < 1.29 is 9.59 Å². The van der Waals surface area contributed by atoms with Crippen molar-refractivity contribution in [2.45, 2.75) is 19.9 Å². The fourth-order valence-corrected chi connectivity index (χ4v) is 4.00. The van der Waals surface area contributed by atoms with Crippen LogP contribution in [0.25, 0.3) is 0 Å². The number of piperazine rings is 1. The van der Waals surface area contributed by atoms with Crippen molar-refractivity contribution in [1.82, 2.24) is 10.2 Å². The van der Waals surface area contributed by atoms with Crippen LogP contribution in [0.1, 0.15) is 23.5 Å². The van der Waals surface area contributed by atoms with Gasteiger partial charge in [-0.05, 0) is 35.6 Å². The lowest BCUT2D eigenvalue weighted by molar-refractivity contribution is -0.134. The number of anilines is 1. The van der Waals surface area contributed by atoms with Crippen LogP contribution in [0.4, 0.5) is 5.69 Å². The lowest BCUT2D eigenvalue weighted by Gasteiger charge is -2.38. The lowest BCUT2D eigenvalue weighted by atomic mass is 10.0. The number of halogens is 1. The van der Waals surface area contributed by atoms with Gasteiger partial charge in [0.25, 0.3) is 5.91 Å². The van der Waals surface area contributed by atoms with Gasteiger partial charge in [0.1, 0.15) is 6.04 Å². The second-order valence-electron chi connectivity index (χ2n) is 6.96. The summed E-state index contributed by atoms with van der Waals surface area (Å²) in [6.07, 6.45) is 0. The maximum atomic E-state index is 13.0. The van der Waals surface area contributed by atoms with Gasteiger partial charge in [-0.1, -0.05) is 37.6 Å². The van der Waals surface area contributed by atoms with E-state index in [9.17, 15) is 9.59 Å². The third-order valence-corrected chi connectivity index (χ3v) is 5.83. The van der Waals surface area contributed by atoms with Gasteiger partial charge in [0.15, 0.2) is 0 Å². The zero-order chi connectivity index (χ0) is 19.4. The topological polar surface area (TPSA) is 52.7 Å². The molecule has 1 saturated heterocycles. The average molecular weight is 406 g/mol. The third kappa shape index (κ3) is 4.82. The van der Waals surface area contributed by atoms with Crippen LogP contribution in [0.15, 0.2) is 41.8 Å². The van der Waals surface area contributed by atoms with E-state index < -0.39 is 6.04 Å². The van der Waals surface area contributed by atoms with Crippen LogP contribution in [0, 0.1) is 5.92 Å². The molecule has 3 rings (SSSR count). The Morgan fingerprint density at radius 3 is 2.44 bits per heavy atom. The highest BCUT2D eigenvalue weighted by molar-refractivity contribution is 7.12. The molecule has 0 bridgehead atoms. The molecule has 0 aliphatic carbocycles. The van der Waals surface area contributed by atoms with Crippen molar-refractivity contribution in [1.29, 1.82) is 0 Å². The molecule has 144 valence electrons. The third-order valence-electron chi connectivity index (χ3n) is 4.73. The first-order chi connectivity index (χ1) is 13.0. The molecule has 1 N–H and O–H groups in total. The number of amides is 2. The Morgan fingerprint density at radius 1 is 1.11 bits per heavy atom. The molecule has 27 heavy (non-hydrogen) atoms. The average Bonchev–Trinajstić information content (AvgIpc) is 3.20. The van der Waals surface area contributed by atoms with E-state index in [-0.39, 0.29) is 17.7 Å². The highest BCUT2D eigenvalue weighted by atomic mass is 35.5. The standard InChI is InChI=1S/C20H24ClN3O2S/c1-14(2)18(22-19(25)17-7-4-12-27-17)20(26)24-10-8-23(9-11-24)16-6-3-5-15(21)13-16/h3-7,12-14,18H,8-11H2,1-2H3,(H,22,25)/t18-/m1/s1. The monoisotopic (exact) mass is 405 g/mol. The van der Waals surface area contributed by atoms with Crippen molar-refractivity contribution in [3.05, 3.63) is 51.7 Å². The van der Waals surface area contributed by atoms with Crippen LogP contribution in [-0.4, -0.2) is 48.9 Å². The maximum absolute atomic E-state index is 13.0. The van der Waals surface area contributed by atoms with Gasteiger partial charge in [-0.3, -0.25) is 9.59 Å². The number of carbonyl (C=O) groups excluding carboxylic acids is 2. The molecule has 1 aliphatic heterocycles. The highest BCUT2D eigenvalue weighted by Crippen LogP contribution is 2.21. The quantitative estimate of drug-likeness (QED) is 0.828. The number of rotatable bonds is 5. The molecular weight excluding hydrogens is 382 g/mol. The summed E-state index contributed by atoms with van der Waals surface area (Å²) in [5.74, 6) is -0.178. The summed E-state index contributed by atoms with van der Waals surface area (Å²) in [7, 11) is 0. The molecule has 1 aromatic carbocycles. The van der Waals surface area contributed by atoms with Crippen molar-refractivity contribution in [3.63, 3.8) is 0 Å². The summed E-state index contributed by atoms with van der Waals surface area (Å²) in [6.45, 7) is 6.66. The van der Waals surface area contributed by atoms with Gasteiger partial charge in [0.05, 0.1) is 4.88 Å². The minimum Gasteiger partial charge on any atom is -0.368 e. The Balaban J connectivity index is 1.61. The summed E-state index contributed by atoms with van der Waals surface area (Å²) >= 11 is 7.46. The molecule has 1 atom stereocenters. The summed E-state index contributed by atoms with van der Waals surface area (Å²) in [6, 6.07) is 10.8. The molecule has 0 unspecified atom stereocenters. The number of nitrogens with zero attached hydrogens (tertiary/aromatic N) is 2. The largest absolute Gasteiger partial charge is 0.368 e. The SMILES string of the molecule is CC(C)[C@@H](NC(=O)c1cccs1)C(=O)N1CCN(c2cccc(Cl)c2)CC1. The van der Waals surface area contributed by atoms with Gasteiger partial charge in [-0.25, -0.2) is 0 Å². The van der Waals surface area contributed by atoms with Crippen molar-refractivity contribution in [3.8, 4) is 0 Å². The van der Waals surface area contributed by atoms with E-state index in [1.807, 2.05) is 54.5 Å². The molecule has 0 saturated carbocycles. The second-order valence-corrected chi connectivity index (χ2v) is 8.35. The lowest BCUT2D eigenvalue weighted by Crippen LogP contribution is -2.56. The first kappa shape index (κ1) is 19.7. The summed E-state index contributed by atoms with van der Waals surface area (Å²) < 4.78 is 0. The van der Waals surface area contributed by atoms with Crippen molar-refractivity contribution in [2.75, 3.05) is 31.1 Å². The van der Waals surface area contributed by atoms with Crippen LogP contribution < -0.4 is 10.2 Å². The summed E-state index contributed by atoms with van der Waals surface area (Å²) in [5.41, 5.74) is 1.07. The molecule has 2 heterocycles. The van der Waals surface area contributed by atoms with Crippen molar-refractivity contribution >= 4 is 40.4 Å². The molecule has 7 heteroatoms. The molecule has 2 aromatic rings. The zero-order valence-electron chi connectivity index (χ0n) is 15.5. The Hall–Kier alpha value is -2.05. The van der Waals surface area contributed by atoms with Gasteiger partial charge in [-0.2, -0.15) is 0 Å². The molecular formula is C20H24ClN3O2S. The Kier molecular flexibility index (Phi) is 6.39. The fraction of sp³-hybridized carbons (Fsp3) is 0.400. The van der Waals surface area contributed by atoms with Crippen LogP contribution in [0.2, 0.25) is 5.02 Å². The molecule has 0 spiro atoms. The van der Waals surface area contributed by atoms with E-state index in [4.69, 9.17) is 11.6 Å². The minimum atomic E-state index is -0.516. The van der Waals surface area contributed by atoms with E-state index in [1.54, 1.807) is 6.07 Å². The van der Waals surface area contributed by atoms with Gasteiger partial charge >= 0.3 is 0 Å². The van der Waals surface area contributed by atoms with E-state index in [0.717, 1.165) is 18.8 Å². The Bertz CT molecular complexity index is 786. The van der Waals surface area contributed by atoms with Crippen LogP contribution in [-0.2, 0) is 4.79 Å². The van der Waals surface area contributed by atoms with Crippen LogP contribution in [0.5, 0.6) is 0 Å². The Labute approximate surface area is 168 Å². The first-order valence-corrected chi connectivity index (χ1v) is 10.3. The predicted molar refractivity (Wildman–Crippen MR) is 111 cm³/mol. The number of thiophene rings is 1. The zero-order valence-corrected chi connectivity index (χ0v) is 17.1. The van der Waals surface area contributed by atoms with E-state index in [2.05, 4.69) is 10.2 Å². The van der Waals surface area contributed by atoms with Crippen LogP contribution >= 0.6 is 22.9 Å². The number of carbonyl (C=O) groups is 2. The van der Waals surface area contributed by atoms with Gasteiger partial charge in [0.2, 0.25) is 5.91 Å². The maximum Gasteiger partial charge on any atom is 0.262 e. The highest BCUT2D eigenvalue weighted by Gasteiger charge is 2.31. The predicted octanol–water partition coefficient (Wildman–Crippen LogP) is 3.50. The number of hydrogen-bond donors (Lipinski definition) is 1. The number of benzene rings is 1. The van der Waals surface area contributed by atoms with E-state index in [0.29, 0.717) is 23.0 Å². The molecule has 1 fully saturated rings. The van der Waals surface area contributed by atoms with Gasteiger partial charge < -0.3 is 15.1 Å². The minimum absolute atomic E-state index is 0.0133. The van der Waals surface area contributed by atoms with Gasteiger partial charge in [-0.15, -0.1) is 11.3 Å².